The first-order valence-corrected chi connectivity index (χ1v) is 3.63. The maximum atomic E-state index is 5.54. The van der Waals surface area contributed by atoms with Crippen molar-refractivity contribution in [3.05, 3.63) is 11.5 Å². The van der Waals surface area contributed by atoms with E-state index in [1.165, 1.54) is 0 Å². The maximum absolute atomic E-state index is 5.54. The molecule has 0 bridgehead atoms. The van der Waals surface area contributed by atoms with Crippen LogP contribution in [0.25, 0.3) is 0 Å². The van der Waals surface area contributed by atoms with E-state index in [-0.39, 0.29) is 5.50 Å². The van der Waals surface area contributed by atoms with Crippen LogP contribution in [0.1, 0.15) is 6.42 Å². The van der Waals surface area contributed by atoms with Gasteiger partial charge < -0.3 is 5.73 Å². The lowest BCUT2D eigenvalue weighted by Gasteiger charge is -2.05. The van der Waals surface area contributed by atoms with E-state index in [1.54, 1.807) is 11.8 Å². The highest BCUT2D eigenvalue weighted by Crippen LogP contribution is 2.07. The lowest BCUT2D eigenvalue weighted by Crippen LogP contribution is -2.33. The summed E-state index contributed by atoms with van der Waals surface area (Å²) in [6.45, 7) is 1.00. The Morgan fingerprint density at radius 3 is 3.50 bits per heavy atom. The minimum atomic E-state index is 0.105. The van der Waals surface area contributed by atoms with Gasteiger partial charge in [0.1, 0.15) is 5.50 Å². The molecule has 1 heterocycles. The average Bonchev–Trinajstić information content (AvgIpc) is 1.94. The van der Waals surface area contributed by atoms with Crippen LogP contribution in [0.4, 0.5) is 0 Å². The molecule has 0 aromatic carbocycles. The second-order valence-electron chi connectivity index (χ2n) is 1.67. The number of hydrogen-bond acceptors (Lipinski definition) is 3. The summed E-state index contributed by atoms with van der Waals surface area (Å²) in [6.07, 6.45) is 3.23. The van der Waals surface area contributed by atoms with Gasteiger partial charge in [0.2, 0.25) is 0 Å². The molecule has 0 fully saturated rings. The van der Waals surface area contributed by atoms with Gasteiger partial charge in [-0.25, -0.2) is 0 Å². The molecule has 0 amide bonds. The molecule has 3 heteroatoms. The zero-order valence-corrected chi connectivity index (χ0v) is 5.45. The summed E-state index contributed by atoms with van der Waals surface area (Å²) in [5.74, 6) is 0. The summed E-state index contributed by atoms with van der Waals surface area (Å²) in [7, 11) is 0. The van der Waals surface area contributed by atoms with Crippen molar-refractivity contribution in [2.75, 3.05) is 6.54 Å². The van der Waals surface area contributed by atoms with Gasteiger partial charge >= 0.3 is 0 Å². The quantitative estimate of drug-likeness (QED) is 0.500. The minimum Gasteiger partial charge on any atom is -0.307 e. The van der Waals surface area contributed by atoms with Gasteiger partial charge in [-0.1, -0.05) is 17.8 Å². The van der Waals surface area contributed by atoms with Crippen molar-refractivity contribution in [2.45, 2.75) is 11.9 Å². The van der Waals surface area contributed by atoms with Crippen LogP contribution < -0.4 is 11.1 Å². The Kier molecular flexibility index (Phi) is 2.39. The summed E-state index contributed by atoms with van der Waals surface area (Å²) >= 11 is 1.62. The molecule has 0 aromatic rings. The molecular weight excluding hydrogens is 120 g/mol. The zero-order chi connectivity index (χ0) is 5.82. The van der Waals surface area contributed by atoms with E-state index in [2.05, 4.69) is 11.4 Å². The molecule has 1 unspecified atom stereocenters. The van der Waals surface area contributed by atoms with Gasteiger partial charge in [-0.3, -0.25) is 5.32 Å². The van der Waals surface area contributed by atoms with Crippen LogP contribution >= 0.6 is 11.8 Å². The van der Waals surface area contributed by atoms with Crippen LogP contribution in [0.2, 0.25) is 0 Å². The predicted octanol–water partition coefficient (Wildman–Crippen LogP) is 0.469. The lowest BCUT2D eigenvalue weighted by molar-refractivity contribution is 0.677. The molecule has 0 spiro atoms. The molecule has 46 valence electrons. The van der Waals surface area contributed by atoms with Crippen molar-refractivity contribution in [3.63, 3.8) is 0 Å². The molecule has 0 saturated heterocycles. The van der Waals surface area contributed by atoms with E-state index in [4.69, 9.17) is 5.73 Å². The van der Waals surface area contributed by atoms with Crippen molar-refractivity contribution in [2.24, 2.45) is 5.73 Å². The monoisotopic (exact) mass is 130 g/mol. The van der Waals surface area contributed by atoms with Crippen LogP contribution in [-0.2, 0) is 0 Å². The molecule has 1 atom stereocenters. The van der Waals surface area contributed by atoms with Gasteiger partial charge in [-0.2, -0.15) is 0 Å². The highest BCUT2D eigenvalue weighted by Gasteiger charge is 1.99. The van der Waals surface area contributed by atoms with Gasteiger partial charge in [-0.15, -0.1) is 0 Å². The smallest absolute Gasteiger partial charge is 0.107 e. The van der Waals surface area contributed by atoms with E-state index in [0.29, 0.717) is 0 Å². The minimum absolute atomic E-state index is 0.105. The molecule has 0 aliphatic carbocycles. The van der Waals surface area contributed by atoms with E-state index in [9.17, 15) is 0 Å². The number of nitrogens with two attached hydrogens (primary N) is 1. The van der Waals surface area contributed by atoms with Gasteiger partial charge in [-0.05, 0) is 11.8 Å². The van der Waals surface area contributed by atoms with Gasteiger partial charge in [0.15, 0.2) is 0 Å². The SMILES string of the molecule is NC1NCCC=CS1. The van der Waals surface area contributed by atoms with E-state index in [0.717, 1.165) is 13.0 Å². The largest absolute Gasteiger partial charge is 0.307 e. The van der Waals surface area contributed by atoms with Crippen LogP contribution in [0.3, 0.4) is 0 Å². The van der Waals surface area contributed by atoms with E-state index in [1.807, 2.05) is 5.41 Å². The summed E-state index contributed by atoms with van der Waals surface area (Å²) in [5.41, 5.74) is 5.64. The molecule has 1 aliphatic rings. The fourth-order valence-electron chi connectivity index (χ4n) is 0.565. The Balaban J connectivity index is 2.30. The zero-order valence-electron chi connectivity index (χ0n) is 4.63. The molecule has 0 aromatic heterocycles. The highest BCUT2D eigenvalue weighted by atomic mass is 32.2. The topological polar surface area (TPSA) is 38.0 Å². The summed E-state index contributed by atoms with van der Waals surface area (Å²) < 4.78 is 0. The van der Waals surface area contributed by atoms with Crippen molar-refractivity contribution >= 4 is 11.8 Å². The Labute approximate surface area is 53.5 Å². The Morgan fingerprint density at radius 2 is 2.62 bits per heavy atom. The van der Waals surface area contributed by atoms with Gasteiger partial charge in [0.05, 0.1) is 0 Å². The summed E-state index contributed by atoms with van der Waals surface area (Å²) in [4.78, 5) is 0. The summed E-state index contributed by atoms with van der Waals surface area (Å²) in [6, 6.07) is 0. The number of nitrogens with one attached hydrogen (secondary N) is 1. The van der Waals surface area contributed by atoms with Crippen molar-refractivity contribution in [1.82, 2.24) is 5.32 Å². The fourth-order valence-corrected chi connectivity index (χ4v) is 1.20. The summed E-state index contributed by atoms with van der Waals surface area (Å²) in [5, 5.41) is 5.17. The van der Waals surface area contributed by atoms with Gasteiger partial charge in [0, 0.05) is 6.54 Å². The third kappa shape index (κ3) is 1.86. The molecule has 1 aliphatic heterocycles. The third-order valence-electron chi connectivity index (χ3n) is 0.978. The predicted molar refractivity (Wildman–Crippen MR) is 37.3 cm³/mol. The highest BCUT2D eigenvalue weighted by molar-refractivity contribution is 8.02. The molecule has 2 nitrogen and oxygen atoms in total. The number of thioether (sulfide) groups is 1. The van der Waals surface area contributed by atoms with Crippen molar-refractivity contribution in [3.8, 4) is 0 Å². The standard InChI is InChI=1S/C5H10N2S/c6-5-7-3-1-2-4-8-5/h2,4-5,7H,1,3,6H2. The maximum Gasteiger partial charge on any atom is 0.107 e. The molecule has 1 rings (SSSR count). The van der Waals surface area contributed by atoms with Gasteiger partial charge in [0.25, 0.3) is 0 Å². The molecule has 8 heavy (non-hydrogen) atoms. The van der Waals surface area contributed by atoms with Crippen LogP contribution in [0, 0.1) is 0 Å². The normalized spacial score (nSPS) is 29.9. The first kappa shape index (κ1) is 6.13. The second kappa shape index (κ2) is 3.12. The number of hydrogen-bond donors (Lipinski definition) is 2. The first-order chi connectivity index (χ1) is 3.89. The third-order valence-corrected chi connectivity index (χ3v) is 1.79. The molecule has 0 radical (unpaired) electrons. The van der Waals surface area contributed by atoms with Crippen LogP contribution in [0.5, 0.6) is 0 Å². The second-order valence-corrected chi connectivity index (χ2v) is 2.72. The Hall–Kier alpha value is 0.01000. The average molecular weight is 130 g/mol. The van der Waals surface area contributed by atoms with Crippen molar-refractivity contribution in [1.29, 1.82) is 0 Å². The molecule has 3 N–H and O–H groups in total. The fraction of sp³-hybridized carbons (Fsp3) is 0.600. The van der Waals surface area contributed by atoms with E-state index < -0.39 is 0 Å². The lowest BCUT2D eigenvalue weighted by atomic mass is 10.4. The van der Waals surface area contributed by atoms with E-state index >= 15 is 0 Å². The van der Waals surface area contributed by atoms with Crippen LogP contribution in [-0.4, -0.2) is 12.0 Å². The van der Waals surface area contributed by atoms with Crippen molar-refractivity contribution < 1.29 is 0 Å². The first-order valence-electron chi connectivity index (χ1n) is 2.69. The van der Waals surface area contributed by atoms with Crippen LogP contribution in [0.15, 0.2) is 11.5 Å². The molecular formula is C5H10N2S. The Morgan fingerprint density at radius 1 is 1.75 bits per heavy atom. The molecule has 0 saturated carbocycles. The number of rotatable bonds is 0. The Bertz CT molecular complexity index is 92.4.